The molecule has 0 spiro atoms. The lowest BCUT2D eigenvalue weighted by molar-refractivity contribution is 0.606. The highest BCUT2D eigenvalue weighted by Gasteiger charge is 2.44. The number of hydrogen-bond donors (Lipinski definition) is 0. The fourth-order valence-corrected chi connectivity index (χ4v) is 13.7. The predicted molar refractivity (Wildman–Crippen MR) is 299 cm³/mol. The lowest BCUT2D eigenvalue weighted by atomic mass is 9.72. The van der Waals surface area contributed by atoms with Crippen LogP contribution in [0.1, 0.15) is 99.4 Å². The zero-order chi connectivity index (χ0) is 47.4. The summed E-state index contributed by atoms with van der Waals surface area (Å²) in [6.45, 7) is 16.8. The van der Waals surface area contributed by atoms with E-state index in [-0.39, 0.29) is 16.2 Å². The minimum absolute atomic E-state index is 0.0796. The van der Waals surface area contributed by atoms with Gasteiger partial charge in [0, 0.05) is 44.6 Å². The molecule has 338 valence electrons. The molecule has 10 aromatic rings. The highest BCUT2D eigenvalue weighted by atomic mass is 15.2. The molecule has 0 aromatic heterocycles. The van der Waals surface area contributed by atoms with Crippen LogP contribution in [0.5, 0.6) is 0 Å². The molecule has 14 rings (SSSR count). The molecule has 1 atom stereocenters. The minimum atomic E-state index is -0.139. The van der Waals surface area contributed by atoms with Crippen LogP contribution in [0.25, 0.3) is 60.8 Å². The summed E-state index contributed by atoms with van der Waals surface area (Å²) in [6, 6.07) is 66.6. The van der Waals surface area contributed by atoms with Crippen molar-refractivity contribution in [3.8, 4) is 0 Å². The predicted octanol–water partition coefficient (Wildman–Crippen LogP) is 18.5. The van der Waals surface area contributed by atoms with Gasteiger partial charge in [-0.3, -0.25) is 0 Å². The van der Waals surface area contributed by atoms with Gasteiger partial charge >= 0.3 is 0 Å². The molecule has 70 heavy (non-hydrogen) atoms. The lowest BCUT2D eigenvalue weighted by Gasteiger charge is -2.45. The second kappa shape index (κ2) is 14.4. The van der Waals surface area contributed by atoms with Crippen LogP contribution in [0, 0.1) is 5.92 Å². The number of benzene rings is 10. The number of rotatable bonds is 4. The Morgan fingerprint density at radius 2 is 0.900 bits per heavy atom. The second-order valence-corrected chi connectivity index (χ2v) is 22.1. The van der Waals surface area contributed by atoms with Gasteiger partial charge in [-0.1, -0.05) is 206 Å². The van der Waals surface area contributed by atoms with Crippen LogP contribution in [0.15, 0.2) is 193 Å². The highest BCUT2D eigenvalue weighted by molar-refractivity contribution is 6.35. The molecular weight excluding hydrogens is 845 g/mol. The van der Waals surface area contributed by atoms with Gasteiger partial charge in [-0.15, -0.1) is 0 Å². The van der Waals surface area contributed by atoms with E-state index in [1.54, 1.807) is 0 Å². The molecule has 0 fully saturated rings. The van der Waals surface area contributed by atoms with Crippen LogP contribution in [0.3, 0.4) is 0 Å². The van der Waals surface area contributed by atoms with Gasteiger partial charge < -0.3 is 9.80 Å². The highest BCUT2D eigenvalue weighted by Crippen LogP contribution is 2.58. The molecule has 2 aliphatic heterocycles. The summed E-state index contributed by atoms with van der Waals surface area (Å²) >= 11 is 0. The standard InChI is InChI=1S/C68H56N2/c1-41-38-51-45-34-31-42(39-56(45)68(6,7)57(51)40-63(41)70-61-28-14-10-24-54(61)67(4,5)55-25-11-15-29-62(55)70)30-32-43-33-35-48-47-20-17-21-50-58(37-36-49(65(47)50)46-19-16-18-44(43)64(46)48)69-59-26-12-8-22-52(59)66(2,3)53-23-9-13-27-60(53)69/h8-37,39-41H,38H2,1-7H3. The van der Waals surface area contributed by atoms with Crippen molar-refractivity contribution < 1.29 is 0 Å². The zero-order valence-corrected chi connectivity index (χ0v) is 41.2. The molecule has 0 saturated carbocycles. The fraction of sp³-hybridized carbons (Fsp3) is 0.176. The van der Waals surface area contributed by atoms with Crippen molar-refractivity contribution in [1.82, 2.24) is 0 Å². The molecule has 0 bridgehead atoms. The topological polar surface area (TPSA) is 6.48 Å². The largest absolute Gasteiger partial charge is 0.313 e. The quantitative estimate of drug-likeness (QED) is 0.0986. The van der Waals surface area contributed by atoms with Gasteiger partial charge in [-0.05, 0) is 136 Å². The average Bonchev–Trinajstić information content (AvgIpc) is 3.59. The first-order chi connectivity index (χ1) is 33.9. The van der Waals surface area contributed by atoms with Crippen molar-refractivity contribution >= 4 is 89.3 Å². The van der Waals surface area contributed by atoms with Gasteiger partial charge in [-0.2, -0.15) is 0 Å². The Morgan fingerprint density at radius 1 is 0.414 bits per heavy atom. The lowest BCUT2D eigenvalue weighted by Crippen LogP contribution is -2.35. The van der Waals surface area contributed by atoms with Crippen molar-refractivity contribution in [3.63, 3.8) is 0 Å². The maximum absolute atomic E-state index is 2.59. The van der Waals surface area contributed by atoms with Crippen LogP contribution in [0.4, 0.5) is 28.4 Å². The molecule has 0 amide bonds. The van der Waals surface area contributed by atoms with Crippen molar-refractivity contribution in [1.29, 1.82) is 0 Å². The van der Waals surface area contributed by atoms with E-state index in [4.69, 9.17) is 0 Å². The van der Waals surface area contributed by atoms with E-state index < -0.39 is 0 Å². The maximum atomic E-state index is 2.59. The molecule has 10 aromatic carbocycles. The van der Waals surface area contributed by atoms with Gasteiger partial charge in [0.1, 0.15) is 0 Å². The van der Waals surface area contributed by atoms with Crippen molar-refractivity contribution in [2.75, 3.05) is 9.80 Å². The summed E-state index contributed by atoms with van der Waals surface area (Å²) in [4.78, 5) is 5.10. The second-order valence-electron chi connectivity index (χ2n) is 22.1. The Labute approximate surface area is 411 Å². The summed E-state index contributed by atoms with van der Waals surface area (Å²) in [5.41, 5.74) is 21.1. The monoisotopic (exact) mass is 900 g/mol. The molecule has 0 saturated heterocycles. The smallest absolute Gasteiger partial charge is 0.0540 e. The number of fused-ring (bicyclic) bond motifs is 8. The number of hydrogen-bond acceptors (Lipinski definition) is 2. The number of allylic oxidation sites excluding steroid dienone is 4. The minimum Gasteiger partial charge on any atom is -0.313 e. The summed E-state index contributed by atoms with van der Waals surface area (Å²) < 4.78 is 0. The molecule has 4 aliphatic rings. The summed E-state index contributed by atoms with van der Waals surface area (Å²) in [7, 11) is 0. The van der Waals surface area contributed by atoms with E-state index in [0.717, 1.165) is 6.42 Å². The van der Waals surface area contributed by atoms with Gasteiger partial charge in [0.25, 0.3) is 0 Å². The fourth-order valence-electron chi connectivity index (χ4n) is 13.7. The van der Waals surface area contributed by atoms with Gasteiger partial charge in [-0.25, -0.2) is 0 Å². The number of nitrogens with zero attached hydrogens (tertiary/aromatic N) is 2. The van der Waals surface area contributed by atoms with Crippen LogP contribution in [-0.2, 0) is 16.2 Å². The number of anilines is 5. The molecule has 1 unspecified atom stereocenters. The molecule has 0 N–H and O–H groups in total. The normalized spacial score (nSPS) is 18.3. The first-order valence-corrected chi connectivity index (χ1v) is 25.3. The summed E-state index contributed by atoms with van der Waals surface area (Å²) in [5.74, 6) is 0.355. The molecule has 2 nitrogen and oxygen atoms in total. The van der Waals surface area contributed by atoms with E-state index in [2.05, 4.69) is 252 Å². The molecule has 0 radical (unpaired) electrons. The van der Waals surface area contributed by atoms with E-state index in [1.165, 1.54) is 133 Å². The van der Waals surface area contributed by atoms with Crippen molar-refractivity contribution in [2.45, 2.75) is 71.1 Å². The van der Waals surface area contributed by atoms with E-state index in [0.29, 0.717) is 5.92 Å². The SMILES string of the molecule is CC1CC2=C(C=C1N1c3ccccc3C(C)(C)c3ccccc31)C(C)(C)c1cc(C=Cc3ccc4c5cccc6c(N7c8ccccc8C(C)(C)c8ccccc87)ccc(c7cccc3c47)c65)ccc12. The van der Waals surface area contributed by atoms with Crippen molar-refractivity contribution in [3.05, 3.63) is 238 Å². The summed E-state index contributed by atoms with van der Waals surface area (Å²) in [5, 5.41) is 10.4. The maximum Gasteiger partial charge on any atom is 0.0540 e. The third kappa shape index (κ3) is 5.51. The van der Waals surface area contributed by atoms with Crippen molar-refractivity contribution in [2.24, 2.45) is 5.92 Å². The Hall–Kier alpha value is -7.68. The van der Waals surface area contributed by atoms with Crippen LogP contribution >= 0.6 is 0 Å². The molecule has 2 aliphatic carbocycles. The van der Waals surface area contributed by atoms with Gasteiger partial charge in [0.05, 0.1) is 17.1 Å². The summed E-state index contributed by atoms with van der Waals surface area (Å²) in [6.07, 6.45) is 8.27. The van der Waals surface area contributed by atoms with Crippen LogP contribution < -0.4 is 9.80 Å². The van der Waals surface area contributed by atoms with Gasteiger partial charge in [0.15, 0.2) is 0 Å². The van der Waals surface area contributed by atoms with Crippen LogP contribution in [0.2, 0.25) is 0 Å². The van der Waals surface area contributed by atoms with Gasteiger partial charge in [0.2, 0.25) is 0 Å². The van der Waals surface area contributed by atoms with Crippen LogP contribution in [-0.4, -0.2) is 0 Å². The Kier molecular flexibility index (Phi) is 8.52. The third-order valence-electron chi connectivity index (χ3n) is 17.2. The number of para-hydroxylation sites is 4. The third-order valence-corrected chi connectivity index (χ3v) is 17.2. The Bertz CT molecular complexity index is 3860. The molecule has 2 heterocycles. The molecular formula is C68H56N2. The first kappa shape index (κ1) is 41.3. The molecule has 2 heteroatoms. The Morgan fingerprint density at radius 3 is 1.49 bits per heavy atom. The average molecular weight is 901 g/mol. The first-order valence-electron chi connectivity index (χ1n) is 25.3. The van der Waals surface area contributed by atoms with E-state index in [1.807, 2.05) is 0 Å². The van der Waals surface area contributed by atoms with E-state index >= 15 is 0 Å². The van der Waals surface area contributed by atoms with E-state index in [9.17, 15) is 0 Å². The Balaban J connectivity index is 0.838. The zero-order valence-electron chi connectivity index (χ0n) is 41.2.